The molecular weight excluding hydrogens is 377 g/mol. The van der Waals surface area contributed by atoms with Gasteiger partial charge in [-0.3, -0.25) is 9.59 Å². The van der Waals surface area contributed by atoms with Crippen LogP contribution >= 0.6 is 0 Å². The number of rotatable bonds is 7. The summed E-state index contributed by atoms with van der Waals surface area (Å²) in [6, 6.07) is -0.652. The molecule has 28 heavy (non-hydrogen) atoms. The van der Waals surface area contributed by atoms with Gasteiger partial charge in [-0.05, 0) is 40.0 Å². The quantitative estimate of drug-likeness (QED) is 0.515. The van der Waals surface area contributed by atoms with Gasteiger partial charge in [0.15, 0.2) is 5.82 Å². The van der Waals surface area contributed by atoms with E-state index >= 15 is 0 Å². The summed E-state index contributed by atoms with van der Waals surface area (Å²) in [5, 5.41) is 0. The van der Waals surface area contributed by atoms with Crippen molar-refractivity contribution in [1.82, 2.24) is 4.98 Å². The van der Waals surface area contributed by atoms with Crippen LogP contribution < -0.4 is 4.90 Å². The Labute approximate surface area is 162 Å². The van der Waals surface area contributed by atoms with E-state index in [9.17, 15) is 22.8 Å². The van der Waals surface area contributed by atoms with Crippen LogP contribution in [0.15, 0.2) is 6.20 Å². The SMILES string of the molecule is CCOC(=O)C1CCC(N(CC)c2c(F)cnc(F)c2F)C(C(=O)OCC)C1. The number of carbonyl (C=O) groups excluding carboxylic acids is 2. The predicted molar refractivity (Wildman–Crippen MR) is 95.0 cm³/mol. The van der Waals surface area contributed by atoms with Gasteiger partial charge in [-0.1, -0.05) is 0 Å². The van der Waals surface area contributed by atoms with Crippen LogP contribution in [0.5, 0.6) is 0 Å². The highest BCUT2D eigenvalue weighted by atomic mass is 19.2. The Bertz CT molecular complexity index is 717. The van der Waals surface area contributed by atoms with Crippen molar-refractivity contribution < 1.29 is 32.2 Å². The predicted octanol–water partition coefficient (Wildman–Crippen LogP) is 3.24. The lowest BCUT2D eigenvalue weighted by Gasteiger charge is -2.41. The number of anilines is 1. The van der Waals surface area contributed by atoms with Gasteiger partial charge in [-0.25, -0.2) is 9.37 Å². The largest absolute Gasteiger partial charge is 0.466 e. The number of aromatic nitrogens is 1. The van der Waals surface area contributed by atoms with Crippen molar-refractivity contribution in [3.63, 3.8) is 0 Å². The van der Waals surface area contributed by atoms with Gasteiger partial charge < -0.3 is 14.4 Å². The van der Waals surface area contributed by atoms with Crippen LogP contribution in [0.1, 0.15) is 40.0 Å². The lowest BCUT2D eigenvalue weighted by atomic mass is 9.77. The fourth-order valence-corrected chi connectivity index (χ4v) is 3.76. The van der Waals surface area contributed by atoms with Crippen LogP contribution in [0.3, 0.4) is 0 Å². The second kappa shape index (κ2) is 9.75. The van der Waals surface area contributed by atoms with E-state index in [1.165, 1.54) is 4.90 Å². The maximum absolute atomic E-state index is 14.3. The fraction of sp³-hybridized carbons (Fsp3) is 0.632. The Morgan fingerprint density at radius 1 is 1.11 bits per heavy atom. The molecular formula is C19H25F3N2O4. The minimum Gasteiger partial charge on any atom is -0.466 e. The van der Waals surface area contributed by atoms with Gasteiger partial charge in [0.2, 0.25) is 5.82 Å². The van der Waals surface area contributed by atoms with Gasteiger partial charge in [0, 0.05) is 12.6 Å². The molecule has 0 saturated heterocycles. The zero-order valence-corrected chi connectivity index (χ0v) is 16.2. The van der Waals surface area contributed by atoms with E-state index in [4.69, 9.17) is 9.47 Å². The molecule has 0 bridgehead atoms. The molecule has 0 aromatic carbocycles. The summed E-state index contributed by atoms with van der Waals surface area (Å²) in [5.41, 5.74) is -0.566. The molecule has 1 aliphatic carbocycles. The molecule has 1 saturated carbocycles. The Kier molecular flexibility index (Phi) is 7.65. The third-order valence-electron chi connectivity index (χ3n) is 4.96. The average Bonchev–Trinajstić information content (AvgIpc) is 2.68. The standard InChI is InChI=1S/C19H25F3N2O4/c1-4-24(16-13(20)10-23-17(22)15(16)21)14-8-7-11(18(25)27-5-2)9-12(14)19(26)28-6-3/h10-12,14H,4-9H2,1-3H3. The van der Waals surface area contributed by atoms with Gasteiger partial charge in [0.25, 0.3) is 5.95 Å². The molecule has 6 nitrogen and oxygen atoms in total. The first-order valence-electron chi connectivity index (χ1n) is 9.44. The Morgan fingerprint density at radius 2 is 1.75 bits per heavy atom. The summed E-state index contributed by atoms with van der Waals surface area (Å²) in [5.74, 6) is -6.12. The molecule has 1 aromatic rings. The van der Waals surface area contributed by atoms with Gasteiger partial charge in [0.05, 0.1) is 31.2 Å². The smallest absolute Gasteiger partial charge is 0.311 e. The topological polar surface area (TPSA) is 68.7 Å². The Balaban J connectivity index is 2.38. The summed E-state index contributed by atoms with van der Waals surface area (Å²) < 4.78 is 52.4. The fourth-order valence-electron chi connectivity index (χ4n) is 3.76. The number of hydrogen-bond donors (Lipinski definition) is 0. The summed E-state index contributed by atoms with van der Waals surface area (Å²) in [4.78, 5) is 29.0. The van der Waals surface area contributed by atoms with Crippen molar-refractivity contribution >= 4 is 17.6 Å². The molecule has 2 rings (SSSR count). The highest BCUT2D eigenvalue weighted by molar-refractivity contribution is 5.78. The van der Waals surface area contributed by atoms with Gasteiger partial charge >= 0.3 is 11.9 Å². The second-order valence-corrected chi connectivity index (χ2v) is 6.53. The molecule has 0 spiro atoms. The third-order valence-corrected chi connectivity index (χ3v) is 4.96. The highest BCUT2D eigenvalue weighted by Crippen LogP contribution is 2.38. The monoisotopic (exact) mass is 402 g/mol. The second-order valence-electron chi connectivity index (χ2n) is 6.53. The number of ether oxygens (including phenoxy) is 2. The molecule has 0 N–H and O–H groups in total. The minimum absolute atomic E-state index is 0.127. The van der Waals surface area contributed by atoms with Crippen molar-refractivity contribution in [1.29, 1.82) is 0 Å². The molecule has 1 heterocycles. The molecule has 1 aromatic heterocycles. The summed E-state index contributed by atoms with van der Waals surface area (Å²) in [6.45, 7) is 5.46. The van der Waals surface area contributed by atoms with Gasteiger partial charge in [0.1, 0.15) is 5.69 Å². The lowest BCUT2D eigenvalue weighted by Crippen LogP contribution is -2.49. The summed E-state index contributed by atoms with van der Waals surface area (Å²) >= 11 is 0. The van der Waals surface area contributed by atoms with Crippen LogP contribution in [0, 0.1) is 29.4 Å². The van der Waals surface area contributed by atoms with E-state index in [1.54, 1.807) is 20.8 Å². The number of esters is 2. The molecule has 0 aliphatic heterocycles. The summed E-state index contributed by atoms with van der Waals surface area (Å²) in [7, 11) is 0. The van der Waals surface area contributed by atoms with E-state index in [0.29, 0.717) is 19.0 Å². The Hall–Kier alpha value is -2.32. The molecule has 156 valence electrons. The highest BCUT2D eigenvalue weighted by Gasteiger charge is 2.43. The van der Waals surface area contributed by atoms with E-state index < -0.39 is 53.1 Å². The third kappa shape index (κ3) is 4.56. The maximum Gasteiger partial charge on any atom is 0.311 e. The van der Waals surface area contributed by atoms with Crippen molar-refractivity contribution in [2.45, 2.75) is 46.1 Å². The average molecular weight is 402 g/mol. The minimum atomic E-state index is -1.41. The van der Waals surface area contributed by atoms with Crippen molar-refractivity contribution in [3.05, 3.63) is 23.8 Å². The van der Waals surface area contributed by atoms with Gasteiger partial charge in [-0.15, -0.1) is 0 Å². The van der Waals surface area contributed by atoms with Crippen molar-refractivity contribution in [2.75, 3.05) is 24.7 Å². The van der Waals surface area contributed by atoms with Crippen LogP contribution in [0.2, 0.25) is 0 Å². The molecule has 1 fully saturated rings. The molecule has 3 unspecified atom stereocenters. The maximum atomic E-state index is 14.3. The number of carbonyl (C=O) groups is 2. The molecule has 9 heteroatoms. The normalized spacial score (nSPS) is 21.9. The van der Waals surface area contributed by atoms with Crippen LogP contribution in [-0.4, -0.2) is 42.7 Å². The number of halogens is 3. The molecule has 0 amide bonds. The van der Waals surface area contributed by atoms with Gasteiger partial charge in [-0.2, -0.15) is 8.78 Å². The first-order chi connectivity index (χ1) is 13.3. The number of hydrogen-bond acceptors (Lipinski definition) is 6. The van der Waals surface area contributed by atoms with Crippen LogP contribution in [0.25, 0.3) is 0 Å². The zero-order valence-electron chi connectivity index (χ0n) is 16.2. The zero-order chi connectivity index (χ0) is 20.8. The molecule has 0 radical (unpaired) electrons. The molecule has 3 atom stereocenters. The molecule has 1 aliphatic rings. The number of pyridine rings is 1. The van der Waals surface area contributed by atoms with Crippen molar-refractivity contribution in [3.8, 4) is 0 Å². The first kappa shape index (κ1) is 22.0. The van der Waals surface area contributed by atoms with Crippen molar-refractivity contribution in [2.24, 2.45) is 11.8 Å². The first-order valence-corrected chi connectivity index (χ1v) is 9.44. The lowest BCUT2D eigenvalue weighted by molar-refractivity contribution is -0.155. The van der Waals surface area contributed by atoms with E-state index in [-0.39, 0.29) is 26.2 Å². The number of nitrogens with zero attached hydrogens (tertiary/aromatic N) is 2. The van der Waals surface area contributed by atoms with E-state index in [2.05, 4.69) is 4.98 Å². The Morgan fingerprint density at radius 3 is 2.36 bits per heavy atom. The van der Waals surface area contributed by atoms with Crippen LogP contribution in [0.4, 0.5) is 18.9 Å². The summed E-state index contributed by atoms with van der Waals surface area (Å²) in [6.07, 6.45) is 1.42. The van der Waals surface area contributed by atoms with E-state index in [1.807, 2.05) is 0 Å². The van der Waals surface area contributed by atoms with E-state index in [0.717, 1.165) is 0 Å². The van der Waals surface area contributed by atoms with Crippen LogP contribution in [-0.2, 0) is 19.1 Å².